The van der Waals surface area contributed by atoms with Crippen molar-refractivity contribution in [1.82, 2.24) is 0 Å². The van der Waals surface area contributed by atoms with Crippen molar-refractivity contribution in [3.63, 3.8) is 0 Å². The molecule has 1 aromatic carbocycles. The number of hydrogen-bond donors (Lipinski definition) is 1. The van der Waals surface area contributed by atoms with Crippen LogP contribution in [0.4, 0.5) is 0 Å². The number of ketones is 1. The number of rotatable bonds is 5. The Balaban J connectivity index is 0.859. The molecular weight excluding hydrogens is 560 g/mol. The van der Waals surface area contributed by atoms with E-state index in [0.29, 0.717) is 54.3 Å². The molecular formula is C40H54O5. The molecule has 5 heteroatoms. The molecule has 0 aromatic heterocycles. The maximum Gasteiger partial charge on any atom is 0.309 e. The summed E-state index contributed by atoms with van der Waals surface area (Å²) in [4.78, 5) is 25.3. The highest BCUT2D eigenvalue weighted by Crippen LogP contribution is 2.66. The fraction of sp³-hybridized carbons (Fsp3) is 0.750. The van der Waals surface area contributed by atoms with Crippen LogP contribution in [0, 0.1) is 45.8 Å². The van der Waals surface area contributed by atoms with Gasteiger partial charge >= 0.3 is 5.97 Å². The second-order valence-corrected chi connectivity index (χ2v) is 17.1. The van der Waals surface area contributed by atoms with Gasteiger partial charge in [-0.2, -0.15) is 0 Å². The van der Waals surface area contributed by atoms with Crippen LogP contribution < -0.4 is 4.74 Å². The molecule has 11 atom stereocenters. The number of hydrogen-bond acceptors (Lipinski definition) is 5. The Kier molecular flexibility index (Phi) is 7.36. The monoisotopic (exact) mass is 614 g/mol. The van der Waals surface area contributed by atoms with Gasteiger partial charge in [0.25, 0.3) is 0 Å². The summed E-state index contributed by atoms with van der Waals surface area (Å²) < 4.78 is 12.4. The van der Waals surface area contributed by atoms with E-state index in [4.69, 9.17) is 9.47 Å². The van der Waals surface area contributed by atoms with Gasteiger partial charge in [-0.15, -0.1) is 0 Å². The molecule has 0 amide bonds. The predicted molar refractivity (Wildman–Crippen MR) is 174 cm³/mol. The van der Waals surface area contributed by atoms with Gasteiger partial charge in [-0.25, -0.2) is 0 Å². The zero-order chi connectivity index (χ0) is 31.1. The maximum atomic E-state index is 13.1. The molecule has 45 heavy (non-hydrogen) atoms. The molecule has 244 valence electrons. The molecule has 5 fully saturated rings. The van der Waals surface area contributed by atoms with E-state index in [1.54, 1.807) is 0 Å². The maximum absolute atomic E-state index is 13.1. The highest BCUT2D eigenvalue weighted by molar-refractivity contribution is 5.91. The summed E-state index contributed by atoms with van der Waals surface area (Å²) in [5.74, 6) is 4.94. The lowest BCUT2D eigenvalue weighted by Gasteiger charge is -2.57. The second-order valence-electron chi connectivity index (χ2n) is 17.1. The van der Waals surface area contributed by atoms with Gasteiger partial charge in [0.1, 0.15) is 11.9 Å². The van der Waals surface area contributed by atoms with E-state index in [-0.39, 0.29) is 40.8 Å². The molecule has 7 aliphatic rings. The number of benzene rings is 1. The first-order valence-corrected chi connectivity index (χ1v) is 18.5. The van der Waals surface area contributed by atoms with Crippen molar-refractivity contribution in [2.75, 3.05) is 6.61 Å². The molecule has 5 nitrogen and oxygen atoms in total. The average Bonchev–Trinajstić information content (AvgIpc) is 3.52. The van der Waals surface area contributed by atoms with E-state index in [1.807, 2.05) is 6.08 Å². The molecule has 1 aromatic rings. The first-order valence-electron chi connectivity index (χ1n) is 18.5. The lowest BCUT2D eigenvalue weighted by molar-refractivity contribution is -0.160. The van der Waals surface area contributed by atoms with E-state index in [0.717, 1.165) is 57.1 Å². The zero-order valence-electron chi connectivity index (χ0n) is 27.8. The number of aliphatic hydroxyl groups is 1. The van der Waals surface area contributed by atoms with E-state index in [2.05, 4.69) is 39.0 Å². The Morgan fingerprint density at radius 1 is 0.844 bits per heavy atom. The smallest absolute Gasteiger partial charge is 0.309 e. The highest BCUT2D eigenvalue weighted by atomic mass is 16.5. The first-order chi connectivity index (χ1) is 21.6. The molecule has 1 N–H and O–H groups in total. The first kappa shape index (κ1) is 30.2. The third-order valence-electron chi connectivity index (χ3n) is 15.4. The molecule has 0 saturated heterocycles. The van der Waals surface area contributed by atoms with E-state index in [9.17, 15) is 14.7 Å². The minimum absolute atomic E-state index is 0.00338. The van der Waals surface area contributed by atoms with E-state index < -0.39 is 0 Å². The Hall–Kier alpha value is -2.14. The number of esters is 1. The third-order valence-corrected chi connectivity index (χ3v) is 15.4. The number of ether oxygens (including phenoxy) is 2. The SMILES string of the molecule is C[C@]12CC[C@@H]3c4ccc(OCCC(=O)O[C@H]5CCC6C7CCC8=CC(=O)CC[C@]8(C)C7CC[C@@]65C)cc4CC[C@H]3[C@@H]1CC[C@@H]2O. The quantitative estimate of drug-likeness (QED) is 0.339. The van der Waals surface area contributed by atoms with Gasteiger partial charge in [0.05, 0.1) is 19.1 Å². The molecule has 0 bridgehead atoms. The van der Waals surface area contributed by atoms with Gasteiger partial charge in [0.2, 0.25) is 0 Å². The second kappa shape index (κ2) is 11.0. The average molecular weight is 615 g/mol. The Morgan fingerprint density at radius 2 is 1.62 bits per heavy atom. The molecule has 3 unspecified atom stereocenters. The van der Waals surface area contributed by atoms with E-state index >= 15 is 0 Å². The lowest BCUT2D eigenvalue weighted by Crippen LogP contribution is -2.51. The summed E-state index contributed by atoms with van der Waals surface area (Å²) in [6, 6.07) is 6.63. The van der Waals surface area contributed by atoms with E-state index in [1.165, 1.54) is 48.8 Å². The fourth-order valence-corrected chi connectivity index (χ4v) is 12.8. The van der Waals surface area contributed by atoms with Crippen molar-refractivity contribution in [3.05, 3.63) is 41.0 Å². The van der Waals surface area contributed by atoms with Crippen molar-refractivity contribution in [2.24, 2.45) is 45.8 Å². The van der Waals surface area contributed by atoms with Gasteiger partial charge in [-0.1, -0.05) is 32.4 Å². The van der Waals surface area contributed by atoms with Gasteiger partial charge in [0.15, 0.2) is 5.78 Å². The Morgan fingerprint density at radius 3 is 2.49 bits per heavy atom. The normalized spacial score (nSPS) is 44.8. The minimum Gasteiger partial charge on any atom is -0.493 e. The summed E-state index contributed by atoms with van der Waals surface area (Å²) in [5, 5.41) is 10.7. The number of carbonyl (C=O) groups is 2. The van der Waals surface area contributed by atoms with Crippen LogP contribution >= 0.6 is 0 Å². The minimum atomic E-state index is -0.128. The summed E-state index contributed by atoms with van der Waals surface area (Å²) in [5.41, 5.74) is 4.68. The summed E-state index contributed by atoms with van der Waals surface area (Å²) in [6.07, 6.45) is 17.3. The molecule has 5 saturated carbocycles. The van der Waals surface area contributed by atoms with Gasteiger partial charge in [0, 0.05) is 11.8 Å². The van der Waals surface area contributed by atoms with Crippen molar-refractivity contribution >= 4 is 11.8 Å². The molecule has 8 rings (SSSR count). The number of carbonyl (C=O) groups excluding carboxylic acids is 2. The van der Waals surface area contributed by atoms with Crippen LogP contribution in [0.1, 0.15) is 128 Å². The van der Waals surface area contributed by atoms with Crippen molar-refractivity contribution in [2.45, 2.75) is 135 Å². The van der Waals surface area contributed by atoms with Crippen LogP contribution in [-0.2, 0) is 20.7 Å². The predicted octanol–water partition coefficient (Wildman–Crippen LogP) is 8.12. The number of aryl methyl sites for hydroxylation is 1. The van der Waals surface area contributed by atoms with Crippen LogP contribution in [0.25, 0.3) is 0 Å². The van der Waals surface area contributed by atoms with Crippen molar-refractivity contribution in [1.29, 1.82) is 0 Å². The van der Waals surface area contributed by atoms with Gasteiger partial charge < -0.3 is 14.6 Å². The van der Waals surface area contributed by atoms with Crippen LogP contribution in [0.5, 0.6) is 5.75 Å². The molecule has 0 heterocycles. The lowest BCUT2D eigenvalue weighted by atomic mass is 9.47. The topological polar surface area (TPSA) is 72.8 Å². The van der Waals surface area contributed by atoms with Gasteiger partial charge in [-0.3, -0.25) is 9.59 Å². The zero-order valence-corrected chi connectivity index (χ0v) is 27.8. The number of fused-ring (bicyclic) bond motifs is 10. The van der Waals surface area contributed by atoms with Crippen molar-refractivity contribution in [3.8, 4) is 5.75 Å². The molecule has 0 radical (unpaired) electrons. The third kappa shape index (κ3) is 4.71. The summed E-state index contributed by atoms with van der Waals surface area (Å²) >= 11 is 0. The molecule has 0 spiro atoms. The van der Waals surface area contributed by atoms with Crippen LogP contribution in [0.3, 0.4) is 0 Å². The van der Waals surface area contributed by atoms with Crippen molar-refractivity contribution < 1.29 is 24.2 Å². The molecule has 0 aliphatic heterocycles. The standard InChI is InChI=1S/C40H54O5/c1-38-18-14-26(41)23-25(38)5-8-31-33-11-13-36(40(33,3)20-16-34(31)38)45-37(43)17-21-44-27-6-9-28-24(22-27)4-7-30-29(28)15-19-39(2)32(30)10-12-35(39)42/h6,9,22-23,29-36,42H,4-5,7-8,10-21H2,1-3H3/t29-,30-,31?,32+,33?,34?,35+,36+,38+,39+,40+/m1/s1. The fourth-order valence-electron chi connectivity index (χ4n) is 12.8. The number of aliphatic hydroxyl groups excluding tert-OH is 1. The largest absolute Gasteiger partial charge is 0.493 e. The highest BCUT2D eigenvalue weighted by Gasteiger charge is 2.60. The van der Waals surface area contributed by atoms with Gasteiger partial charge in [-0.05, 0) is 159 Å². The Bertz CT molecular complexity index is 1400. The summed E-state index contributed by atoms with van der Waals surface area (Å²) in [7, 11) is 0. The van der Waals surface area contributed by atoms with Crippen LogP contribution in [-0.4, -0.2) is 35.7 Å². The number of allylic oxidation sites excluding steroid dienone is 1. The summed E-state index contributed by atoms with van der Waals surface area (Å²) in [6.45, 7) is 7.52. The van der Waals surface area contributed by atoms with Crippen LogP contribution in [0.15, 0.2) is 29.8 Å². The Labute approximate surface area is 269 Å². The molecule has 7 aliphatic carbocycles. The van der Waals surface area contributed by atoms with Crippen LogP contribution in [0.2, 0.25) is 0 Å².